The number of nitrogens with zero attached hydrogens (tertiary/aromatic N) is 2. The Balaban J connectivity index is 1.57. The number of carbonyl (C=O) groups is 1. The van der Waals surface area contributed by atoms with Crippen LogP contribution >= 0.6 is 0 Å². The average molecular weight is 338 g/mol. The lowest BCUT2D eigenvalue weighted by Crippen LogP contribution is -2.39. The number of halogens is 1. The zero-order valence-corrected chi connectivity index (χ0v) is 13.7. The minimum atomic E-state index is -0.255. The molecule has 1 amide bonds. The van der Waals surface area contributed by atoms with Crippen LogP contribution in [0.25, 0.3) is 11.1 Å². The summed E-state index contributed by atoms with van der Waals surface area (Å²) in [6.07, 6.45) is 5.47. The van der Waals surface area contributed by atoms with Crippen LogP contribution in [0.4, 0.5) is 4.39 Å². The van der Waals surface area contributed by atoms with Gasteiger partial charge in [0.1, 0.15) is 11.5 Å². The van der Waals surface area contributed by atoms with Crippen LogP contribution in [0.3, 0.4) is 0 Å². The van der Waals surface area contributed by atoms with Gasteiger partial charge in [-0.25, -0.2) is 4.39 Å². The molecule has 0 saturated carbocycles. The van der Waals surface area contributed by atoms with Gasteiger partial charge < -0.3 is 9.88 Å². The van der Waals surface area contributed by atoms with E-state index in [1.54, 1.807) is 30.6 Å². The van der Waals surface area contributed by atoms with Crippen LogP contribution in [-0.4, -0.2) is 39.1 Å². The normalized spacial score (nSPS) is 17.6. The van der Waals surface area contributed by atoms with Gasteiger partial charge in [-0.2, -0.15) is 5.10 Å². The molecule has 2 aromatic heterocycles. The molecule has 2 N–H and O–H groups in total. The summed E-state index contributed by atoms with van der Waals surface area (Å²) in [4.78, 5) is 17.5. The number of piperidine rings is 1. The molecule has 1 aliphatic rings. The summed E-state index contributed by atoms with van der Waals surface area (Å²) in [5.74, 6) is -0.0399. The van der Waals surface area contributed by atoms with Crippen molar-refractivity contribution in [3.8, 4) is 11.1 Å². The van der Waals surface area contributed by atoms with Crippen molar-refractivity contribution in [1.29, 1.82) is 0 Å². The molecule has 3 aromatic rings. The number of amides is 1. The number of carbonyl (C=O) groups excluding carboxylic acids is 1. The first-order chi connectivity index (χ1) is 12.2. The second-order valence-electron chi connectivity index (χ2n) is 6.38. The molecule has 0 spiro atoms. The highest BCUT2D eigenvalue weighted by atomic mass is 19.1. The van der Waals surface area contributed by atoms with Crippen molar-refractivity contribution in [2.45, 2.75) is 18.8 Å². The molecule has 0 unspecified atom stereocenters. The van der Waals surface area contributed by atoms with Crippen molar-refractivity contribution in [3.63, 3.8) is 0 Å². The molecule has 3 heterocycles. The van der Waals surface area contributed by atoms with Gasteiger partial charge >= 0.3 is 0 Å². The molecule has 0 radical (unpaired) electrons. The van der Waals surface area contributed by atoms with Crippen LogP contribution in [0.2, 0.25) is 0 Å². The van der Waals surface area contributed by atoms with E-state index in [4.69, 9.17) is 0 Å². The second-order valence-corrected chi connectivity index (χ2v) is 6.38. The van der Waals surface area contributed by atoms with E-state index >= 15 is 0 Å². The Morgan fingerprint density at radius 3 is 2.84 bits per heavy atom. The Hall–Kier alpha value is -2.89. The standard InChI is InChI=1S/C19H19FN4O/c20-15-7-5-13(6-8-15)16-11-22-23-18(16)14-3-2-10-24(12-14)19(25)17-4-1-9-21-17/h1,4-9,11,14,21H,2-3,10,12H2,(H,22,23)/t14-/m1/s1. The molecular weight excluding hydrogens is 319 g/mol. The summed E-state index contributed by atoms with van der Waals surface area (Å²) in [6.45, 7) is 1.41. The smallest absolute Gasteiger partial charge is 0.270 e. The second kappa shape index (κ2) is 6.55. The predicted molar refractivity (Wildman–Crippen MR) is 92.7 cm³/mol. The Labute approximate surface area is 144 Å². The minimum absolute atomic E-state index is 0.0255. The Morgan fingerprint density at radius 1 is 1.24 bits per heavy atom. The van der Waals surface area contributed by atoms with E-state index in [1.807, 2.05) is 11.0 Å². The lowest BCUT2D eigenvalue weighted by atomic mass is 9.90. The number of hydrogen-bond acceptors (Lipinski definition) is 2. The number of H-pyrrole nitrogens is 2. The first-order valence-corrected chi connectivity index (χ1v) is 8.44. The SMILES string of the molecule is O=C(c1ccc[nH]1)N1CCC[C@@H](c2[nH]ncc2-c2ccc(F)cc2)C1. The highest BCUT2D eigenvalue weighted by Gasteiger charge is 2.28. The van der Waals surface area contributed by atoms with Crippen LogP contribution in [0.1, 0.15) is 34.9 Å². The van der Waals surface area contributed by atoms with Gasteiger partial charge in [0.25, 0.3) is 5.91 Å². The Kier molecular flexibility index (Phi) is 4.09. The molecular formula is C19H19FN4O. The Bertz CT molecular complexity index is 854. The molecule has 1 aliphatic heterocycles. The first-order valence-electron chi connectivity index (χ1n) is 8.44. The zero-order chi connectivity index (χ0) is 17.2. The van der Waals surface area contributed by atoms with E-state index in [2.05, 4.69) is 15.2 Å². The van der Waals surface area contributed by atoms with Crippen LogP contribution in [0, 0.1) is 5.82 Å². The minimum Gasteiger partial charge on any atom is -0.357 e. The van der Waals surface area contributed by atoms with Gasteiger partial charge in [-0.05, 0) is 42.7 Å². The molecule has 1 aromatic carbocycles. The van der Waals surface area contributed by atoms with Gasteiger partial charge in [0.05, 0.1) is 6.20 Å². The van der Waals surface area contributed by atoms with Gasteiger partial charge in [-0.15, -0.1) is 0 Å². The molecule has 6 heteroatoms. The van der Waals surface area contributed by atoms with Crippen molar-refractivity contribution >= 4 is 5.91 Å². The third-order valence-electron chi connectivity index (χ3n) is 4.77. The third-order valence-corrected chi connectivity index (χ3v) is 4.77. The third kappa shape index (κ3) is 3.07. The fourth-order valence-electron chi connectivity index (χ4n) is 3.50. The van der Waals surface area contributed by atoms with E-state index in [-0.39, 0.29) is 17.6 Å². The number of aromatic amines is 2. The number of aromatic nitrogens is 3. The summed E-state index contributed by atoms with van der Waals surface area (Å²) >= 11 is 0. The molecule has 0 bridgehead atoms. The maximum atomic E-state index is 13.2. The summed E-state index contributed by atoms with van der Waals surface area (Å²) < 4.78 is 13.2. The topological polar surface area (TPSA) is 64.8 Å². The van der Waals surface area contributed by atoms with Crippen molar-refractivity contribution in [3.05, 3.63) is 66.0 Å². The highest BCUT2D eigenvalue weighted by molar-refractivity contribution is 5.92. The molecule has 25 heavy (non-hydrogen) atoms. The maximum Gasteiger partial charge on any atom is 0.270 e. The molecule has 1 atom stereocenters. The first kappa shape index (κ1) is 15.6. The molecule has 1 fully saturated rings. The van der Waals surface area contributed by atoms with E-state index in [1.165, 1.54) is 12.1 Å². The molecule has 4 rings (SSSR count). The number of likely N-dealkylation sites (tertiary alicyclic amines) is 1. The van der Waals surface area contributed by atoms with Crippen LogP contribution in [0.15, 0.2) is 48.8 Å². The quantitative estimate of drug-likeness (QED) is 0.767. The monoisotopic (exact) mass is 338 g/mol. The van der Waals surface area contributed by atoms with E-state index in [0.29, 0.717) is 12.2 Å². The van der Waals surface area contributed by atoms with Crippen molar-refractivity contribution in [1.82, 2.24) is 20.1 Å². The van der Waals surface area contributed by atoms with Gasteiger partial charge in [0.15, 0.2) is 0 Å². The predicted octanol–water partition coefficient (Wildman–Crippen LogP) is 3.56. The van der Waals surface area contributed by atoms with E-state index in [9.17, 15) is 9.18 Å². The van der Waals surface area contributed by atoms with Crippen LogP contribution < -0.4 is 0 Å². The summed E-state index contributed by atoms with van der Waals surface area (Å²) in [6, 6.07) is 10.0. The van der Waals surface area contributed by atoms with Gasteiger partial charge in [0, 0.05) is 36.5 Å². The number of rotatable bonds is 3. The van der Waals surface area contributed by atoms with Gasteiger partial charge in [-0.3, -0.25) is 9.89 Å². The summed E-state index contributed by atoms with van der Waals surface area (Å²) in [5.41, 5.74) is 3.52. The Morgan fingerprint density at radius 2 is 2.08 bits per heavy atom. The highest BCUT2D eigenvalue weighted by Crippen LogP contribution is 2.33. The largest absolute Gasteiger partial charge is 0.357 e. The number of benzene rings is 1. The van der Waals surface area contributed by atoms with Gasteiger partial charge in [-0.1, -0.05) is 12.1 Å². The van der Waals surface area contributed by atoms with E-state index in [0.717, 1.165) is 36.2 Å². The summed E-state index contributed by atoms with van der Waals surface area (Å²) in [5, 5.41) is 7.28. The average Bonchev–Trinajstić information content (AvgIpc) is 3.34. The van der Waals surface area contributed by atoms with E-state index < -0.39 is 0 Å². The number of hydrogen-bond donors (Lipinski definition) is 2. The molecule has 1 saturated heterocycles. The molecule has 128 valence electrons. The summed E-state index contributed by atoms with van der Waals surface area (Å²) in [7, 11) is 0. The van der Waals surface area contributed by atoms with Crippen molar-refractivity contribution in [2.24, 2.45) is 0 Å². The molecule has 0 aliphatic carbocycles. The van der Waals surface area contributed by atoms with Gasteiger partial charge in [0.2, 0.25) is 0 Å². The maximum absolute atomic E-state index is 13.2. The number of nitrogens with one attached hydrogen (secondary N) is 2. The van der Waals surface area contributed by atoms with Crippen molar-refractivity contribution < 1.29 is 9.18 Å². The zero-order valence-electron chi connectivity index (χ0n) is 13.7. The fraction of sp³-hybridized carbons (Fsp3) is 0.263. The van der Waals surface area contributed by atoms with Crippen molar-refractivity contribution in [2.75, 3.05) is 13.1 Å². The van der Waals surface area contributed by atoms with Crippen LogP contribution in [0.5, 0.6) is 0 Å². The fourth-order valence-corrected chi connectivity index (χ4v) is 3.50. The lowest BCUT2D eigenvalue weighted by molar-refractivity contribution is 0.0700. The lowest BCUT2D eigenvalue weighted by Gasteiger charge is -2.32. The van der Waals surface area contributed by atoms with Crippen LogP contribution in [-0.2, 0) is 0 Å². The molecule has 5 nitrogen and oxygen atoms in total.